The van der Waals surface area contributed by atoms with Gasteiger partial charge in [0, 0.05) is 24.5 Å². The molecule has 1 aromatic heterocycles. The van der Waals surface area contributed by atoms with E-state index in [0.717, 1.165) is 19.5 Å². The third-order valence-electron chi connectivity index (χ3n) is 3.65. The van der Waals surface area contributed by atoms with E-state index in [0.29, 0.717) is 0 Å². The first-order valence-corrected chi connectivity index (χ1v) is 6.00. The molecule has 16 heavy (non-hydrogen) atoms. The number of hydrogen-bond donors (Lipinski definition) is 1. The van der Waals surface area contributed by atoms with Crippen LogP contribution in [0.2, 0.25) is 0 Å². The van der Waals surface area contributed by atoms with E-state index in [4.69, 9.17) is 0 Å². The zero-order valence-electron chi connectivity index (χ0n) is 10.2. The molecule has 1 saturated heterocycles. The minimum absolute atomic E-state index is 0.265. The molecule has 0 aliphatic carbocycles. The summed E-state index contributed by atoms with van der Waals surface area (Å²) in [4.78, 5) is 6.57. The molecule has 0 amide bonds. The highest BCUT2D eigenvalue weighted by molar-refractivity contribution is 5.14. The minimum Gasteiger partial charge on any atom is -0.315 e. The topological polar surface area (TPSA) is 28.2 Å². The van der Waals surface area contributed by atoms with Crippen molar-refractivity contribution in [2.45, 2.75) is 24.8 Å². The summed E-state index contributed by atoms with van der Waals surface area (Å²) in [6.45, 7) is 2.23. The molecule has 1 N–H and O–H groups in total. The predicted octanol–water partition coefficient (Wildman–Crippen LogP) is 1.31. The van der Waals surface area contributed by atoms with Gasteiger partial charge < -0.3 is 10.2 Å². The molecular formula is C13H21N3. The molecule has 1 aromatic rings. The summed E-state index contributed by atoms with van der Waals surface area (Å²) in [7, 11) is 4.37. The van der Waals surface area contributed by atoms with E-state index in [1.54, 1.807) is 0 Å². The summed E-state index contributed by atoms with van der Waals surface area (Å²) in [6, 6.07) is 4.20. The van der Waals surface area contributed by atoms with Crippen molar-refractivity contribution >= 4 is 0 Å². The molecule has 0 aromatic carbocycles. The summed E-state index contributed by atoms with van der Waals surface area (Å²) >= 11 is 0. The van der Waals surface area contributed by atoms with Gasteiger partial charge in [-0.3, -0.25) is 4.98 Å². The maximum atomic E-state index is 4.20. The fourth-order valence-corrected chi connectivity index (χ4v) is 2.53. The molecule has 0 bridgehead atoms. The molecule has 0 saturated carbocycles. The maximum absolute atomic E-state index is 4.20. The van der Waals surface area contributed by atoms with Gasteiger partial charge in [-0.05, 0) is 51.5 Å². The quantitative estimate of drug-likeness (QED) is 0.831. The van der Waals surface area contributed by atoms with Crippen molar-refractivity contribution in [2.24, 2.45) is 0 Å². The van der Waals surface area contributed by atoms with Gasteiger partial charge in [0.25, 0.3) is 0 Å². The minimum atomic E-state index is 0.265. The van der Waals surface area contributed by atoms with E-state index in [-0.39, 0.29) is 5.54 Å². The molecular weight excluding hydrogens is 198 g/mol. The lowest BCUT2D eigenvalue weighted by Crippen LogP contribution is -2.56. The van der Waals surface area contributed by atoms with Gasteiger partial charge in [-0.25, -0.2) is 0 Å². The number of nitrogens with one attached hydrogen (secondary N) is 1. The number of aromatic nitrogens is 1. The third kappa shape index (κ3) is 2.42. The highest BCUT2D eigenvalue weighted by Crippen LogP contribution is 2.25. The number of rotatable bonds is 3. The van der Waals surface area contributed by atoms with Crippen LogP contribution in [0.25, 0.3) is 0 Å². The second-order valence-electron chi connectivity index (χ2n) is 4.94. The van der Waals surface area contributed by atoms with Crippen LogP contribution in [0.15, 0.2) is 24.5 Å². The Morgan fingerprint density at radius 2 is 2.38 bits per heavy atom. The van der Waals surface area contributed by atoms with E-state index in [2.05, 4.69) is 35.4 Å². The van der Waals surface area contributed by atoms with Gasteiger partial charge in [-0.1, -0.05) is 6.07 Å². The van der Waals surface area contributed by atoms with Crippen LogP contribution < -0.4 is 5.32 Å². The Kier molecular flexibility index (Phi) is 3.56. The van der Waals surface area contributed by atoms with E-state index in [1.165, 1.54) is 18.4 Å². The smallest absolute Gasteiger partial charge is 0.0369 e. The summed E-state index contributed by atoms with van der Waals surface area (Å²) in [5.41, 5.74) is 1.60. The molecule has 2 heterocycles. The highest BCUT2D eigenvalue weighted by atomic mass is 15.2. The van der Waals surface area contributed by atoms with Crippen molar-refractivity contribution in [2.75, 3.05) is 27.2 Å². The Morgan fingerprint density at radius 3 is 2.94 bits per heavy atom. The molecule has 0 radical (unpaired) electrons. The fraction of sp³-hybridized carbons (Fsp3) is 0.615. The Labute approximate surface area is 97.9 Å². The summed E-state index contributed by atoms with van der Waals surface area (Å²) in [5, 5.41) is 3.52. The fourth-order valence-electron chi connectivity index (χ4n) is 2.53. The van der Waals surface area contributed by atoms with Crippen molar-refractivity contribution in [1.82, 2.24) is 15.2 Å². The molecule has 1 atom stereocenters. The van der Waals surface area contributed by atoms with Crippen LogP contribution in [-0.2, 0) is 6.42 Å². The Hall–Kier alpha value is -0.930. The molecule has 0 spiro atoms. The number of hydrogen-bond acceptors (Lipinski definition) is 3. The normalized spacial score (nSPS) is 25.9. The first kappa shape index (κ1) is 11.6. The molecule has 1 aliphatic rings. The number of nitrogens with zero attached hydrogens (tertiary/aromatic N) is 2. The van der Waals surface area contributed by atoms with Crippen LogP contribution in [0, 0.1) is 0 Å². The zero-order chi connectivity index (χ0) is 11.4. The number of piperidine rings is 1. The van der Waals surface area contributed by atoms with Gasteiger partial charge in [0.15, 0.2) is 0 Å². The monoisotopic (exact) mass is 219 g/mol. The van der Waals surface area contributed by atoms with Crippen LogP contribution in [0.3, 0.4) is 0 Å². The zero-order valence-corrected chi connectivity index (χ0v) is 10.2. The second-order valence-corrected chi connectivity index (χ2v) is 4.94. The first-order valence-electron chi connectivity index (χ1n) is 6.00. The van der Waals surface area contributed by atoms with E-state index >= 15 is 0 Å². The lowest BCUT2D eigenvalue weighted by Gasteiger charge is -2.43. The SMILES string of the molecule is CN(C)C1(Cc2cccnc2)CCCNC1. The van der Waals surface area contributed by atoms with Crippen molar-refractivity contribution in [1.29, 1.82) is 0 Å². The van der Waals surface area contributed by atoms with Gasteiger partial charge in [0.05, 0.1) is 0 Å². The summed E-state index contributed by atoms with van der Waals surface area (Å²) < 4.78 is 0. The van der Waals surface area contributed by atoms with E-state index < -0.39 is 0 Å². The predicted molar refractivity (Wildman–Crippen MR) is 66.5 cm³/mol. The third-order valence-corrected chi connectivity index (χ3v) is 3.65. The first-order chi connectivity index (χ1) is 7.73. The average molecular weight is 219 g/mol. The van der Waals surface area contributed by atoms with Crippen molar-refractivity contribution in [3.8, 4) is 0 Å². The highest BCUT2D eigenvalue weighted by Gasteiger charge is 2.34. The summed E-state index contributed by atoms with van der Waals surface area (Å²) in [6.07, 6.45) is 7.44. The molecule has 1 unspecified atom stereocenters. The Balaban J connectivity index is 2.14. The maximum Gasteiger partial charge on any atom is 0.0369 e. The van der Waals surface area contributed by atoms with Gasteiger partial charge in [0.1, 0.15) is 0 Å². The van der Waals surface area contributed by atoms with Crippen molar-refractivity contribution in [3.63, 3.8) is 0 Å². The van der Waals surface area contributed by atoms with Crippen LogP contribution >= 0.6 is 0 Å². The lowest BCUT2D eigenvalue weighted by atomic mass is 9.83. The van der Waals surface area contributed by atoms with Gasteiger partial charge in [-0.15, -0.1) is 0 Å². The molecule has 1 aliphatic heterocycles. The van der Waals surface area contributed by atoms with Gasteiger partial charge >= 0.3 is 0 Å². The Morgan fingerprint density at radius 1 is 1.50 bits per heavy atom. The molecule has 3 heteroatoms. The number of pyridine rings is 1. The Bertz CT molecular complexity index is 315. The van der Waals surface area contributed by atoms with E-state index in [9.17, 15) is 0 Å². The molecule has 1 fully saturated rings. The van der Waals surface area contributed by atoms with Crippen LogP contribution in [-0.4, -0.2) is 42.6 Å². The van der Waals surface area contributed by atoms with Gasteiger partial charge in [0.2, 0.25) is 0 Å². The van der Waals surface area contributed by atoms with E-state index in [1.807, 2.05) is 18.5 Å². The number of likely N-dealkylation sites (N-methyl/N-ethyl adjacent to an activating group) is 1. The molecule has 88 valence electrons. The molecule has 3 nitrogen and oxygen atoms in total. The summed E-state index contributed by atoms with van der Waals surface area (Å²) in [5.74, 6) is 0. The molecule has 2 rings (SSSR count). The average Bonchev–Trinajstić information content (AvgIpc) is 2.31. The van der Waals surface area contributed by atoms with Crippen LogP contribution in [0.4, 0.5) is 0 Å². The van der Waals surface area contributed by atoms with Crippen LogP contribution in [0.1, 0.15) is 18.4 Å². The second kappa shape index (κ2) is 4.93. The van der Waals surface area contributed by atoms with Crippen LogP contribution in [0.5, 0.6) is 0 Å². The van der Waals surface area contributed by atoms with Crippen molar-refractivity contribution < 1.29 is 0 Å². The largest absolute Gasteiger partial charge is 0.315 e. The standard InChI is InChI=1S/C13H21N3/c1-16(2)13(6-4-8-15-11-13)9-12-5-3-7-14-10-12/h3,5,7,10,15H,4,6,8-9,11H2,1-2H3. The van der Waals surface area contributed by atoms with Gasteiger partial charge in [-0.2, -0.15) is 0 Å². The lowest BCUT2D eigenvalue weighted by molar-refractivity contribution is 0.114. The van der Waals surface area contributed by atoms with Crippen molar-refractivity contribution in [3.05, 3.63) is 30.1 Å².